The van der Waals surface area contributed by atoms with Crippen molar-refractivity contribution in [2.24, 2.45) is 0 Å². The van der Waals surface area contributed by atoms with Crippen molar-refractivity contribution in [2.45, 2.75) is 12.8 Å². The zero-order chi connectivity index (χ0) is 12.3. The van der Waals surface area contributed by atoms with Crippen molar-refractivity contribution < 1.29 is 9.21 Å². The highest BCUT2D eigenvalue weighted by Crippen LogP contribution is 2.18. The van der Waals surface area contributed by atoms with Crippen molar-refractivity contribution in [1.82, 2.24) is 10.3 Å². The SMILES string of the molecule is CC(CNC(=O)c1ccoc1Cl)c1nccs1. The lowest BCUT2D eigenvalue weighted by Gasteiger charge is -2.09. The quantitative estimate of drug-likeness (QED) is 0.929. The van der Waals surface area contributed by atoms with Crippen LogP contribution in [0.25, 0.3) is 0 Å². The second-order valence-electron chi connectivity index (χ2n) is 3.59. The zero-order valence-electron chi connectivity index (χ0n) is 9.14. The van der Waals surface area contributed by atoms with Gasteiger partial charge in [-0.1, -0.05) is 6.92 Å². The van der Waals surface area contributed by atoms with E-state index in [0.29, 0.717) is 12.1 Å². The molecule has 2 aromatic rings. The lowest BCUT2D eigenvalue weighted by Crippen LogP contribution is -2.27. The Morgan fingerprint density at radius 2 is 2.53 bits per heavy atom. The van der Waals surface area contributed by atoms with Crippen LogP contribution < -0.4 is 5.32 Å². The molecule has 0 aromatic carbocycles. The maximum Gasteiger partial charge on any atom is 0.256 e. The Bertz CT molecular complexity index is 495. The Hall–Kier alpha value is -1.33. The topological polar surface area (TPSA) is 55.1 Å². The van der Waals surface area contributed by atoms with E-state index in [9.17, 15) is 4.79 Å². The molecular formula is C11H11ClN2O2S. The van der Waals surface area contributed by atoms with Gasteiger partial charge in [0.1, 0.15) is 0 Å². The van der Waals surface area contributed by atoms with Crippen LogP contribution in [0.2, 0.25) is 5.22 Å². The van der Waals surface area contributed by atoms with Crippen LogP contribution >= 0.6 is 22.9 Å². The van der Waals surface area contributed by atoms with Gasteiger partial charge in [-0.25, -0.2) is 4.98 Å². The van der Waals surface area contributed by atoms with Gasteiger partial charge in [-0.2, -0.15) is 0 Å². The smallest absolute Gasteiger partial charge is 0.256 e. The Morgan fingerprint density at radius 1 is 1.71 bits per heavy atom. The first kappa shape index (κ1) is 12.1. The molecule has 17 heavy (non-hydrogen) atoms. The highest BCUT2D eigenvalue weighted by molar-refractivity contribution is 7.09. The first-order valence-corrected chi connectivity index (χ1v) is 6.35. The van der Waals surface area contributed by atoms with Crippen LogP contribution in [-0.4, -0.2) is 17.4 Å². The molecule has 0 saturated carbocycles. The fourth-order valence-corrected chi connectivity index (χ4v) is 2.26. The molecule has 0 bridgehead atoms. The minimum atomic E-state index is -0.229. The van der Waals surface area contributed by atoms with Gasteiger partial charge in [-0.15, -0.1) is 11.3 Å². The highest BCUT2D eigenvalue weighted by Gasteiger charge is 2.15. The maximum atomic E-state index is 11.7. The van der Waals surface area contributed by atoms with Crippen LogP contribution in [-0.2, 0) is 0 Å². The van der Waals surface area contributed by atoms with Crippen LogP contribution in [0.5, 0.6) is 0 Å². The van der Waals surface area contributed by atoms with E-state index in [-0.39, 0.29) is 17.0 Å². The minimum absolute atomic E-state index is 0.115. The van der Waals surface area contributed by atoms with Crippen molar-refractivity contribution in [2.75, 3.05) is 6.54 Å². The zero-order valence-corrected chi connectivity index (χ0v) is 10.7. The summed E-state index contributed by atoms with van der Waals surface area (Å²) in [4.78, 5) is 15.9. The van der Waals surface area contributed by atoms with Gasteiger partial charge < -0.3 is 9.73 Å². The summed E-state index contributed by atoms with van der Waals surface area (Å²) in [6, 6.07) is 1.55. The van der Waals surface area contributed by atoms with Crippen LogP contribution in [0.3, 0.4) is 0 Å². The van der Waals surface area contributed by atoms with E-state index in [2.05, 4.69) is 10.3 Å². The number of halogens is 1. The Morgan fingerprint density at radius 3 is 3.12 bits per heavy atom. The molecule has 1 atom stereocenters. The Balaban J connectivity index is 1.91. The van der Waals surface area contributed by atoms with Gasteiger partial charge in [0.05, 0.1) is 16.8 Å². The summed E-state index contributed by atoms with van der Waals surface area (Å²) in [6.07, 6.45) is 3.15. The highest BCUT2D eigenvalue weighted by atomic mass is 35.5. The van der Waals surface area contributed by atoms with Gasteiger partial charge in [-0.05, 0) is 17.7 Å². The second kappa shape index (κ2) is 5.33. The number of thiazole rings is 1. The van der Waals surface area contributed by atoms with Crippen LogP contribution in [0.4, 0.5) is 0 Å². The molecule has 6 heteroatoms. The van der Waals surface area contributed by atoms with E-state index in [1.807, 2.05) is 12.3 Å². The van der Waals surface area contributed by atoms with Gasteiger partial charge in [-0.3, -0.25) is 4.79 Å². The average Bonchev–Trinajstić information content (AvgIpc) is 2.95. The van der Waals surface area contributed by atoms with Crippen molar-refractivity contribution in [1.29, 1.82) is 0 Å². The van der Waals surface area contributed by atoms with Crippen molar-refractivity contribution in [3.05, 3.63) is 39.7 Å². The number of rotatable bonds is 4. The lowest BCUT2D eigenvalue weighted by molar-refractivity contribution is 0.0951. The number of nitrogens with one attached hydrogen (secondary N) is 1. The van der Waals surface area contributed by atoms with Crippen molar-refractivity contribution in [3.8, 4) is 0 Å². The second-order valence-corrected chi connectivity index (χ2v) is 4.86. The number of amides is 1. The van der Waals surface area contributed by atoms with E-state index in [1.165, 1.54) is 6.26 Å². The van der Waals surface area contributed by atoms with Gasteiger partial charge in [0.15, 0.2) is 0 Å². The summed E-state index contributed by atoms with van der Waals surface area (Å²) in [5.74, 6) is -0.0446. The molecule has 0 spiro atoms. The molecule has 0 aliphatic rings. The number of furan rings is 1. The number of carbonyl (C=O) groups is 1. The normalized spacial score (nSPS) is 12.4. The van der Waals surface area contributed by atoms with E-state index in [4.69, 9.17) is 16.0 Å². The number of carbonyl (C=O) groups excluding carboxylic acids is 1. The molecular weight excluding hydrogens is 260 g/mol. The molecule has 1 amide bonds. The molecule has 90 valence electrons. The maximum absolute atomic E-state index is 11.7. The van der Waals surface area contributed by atoms with E-state index in [1.54, 1.807) is 23.6 Å². The lowest BCUT2D eigenvalue weighted by atomic mass is 10.2. The molecule has 4 nitrogen and oxygen atoms in total. The van der Waals surface area contributed by atoms with E-state index >= 15 is 0 Å². The first-order chi connectivity index (χ1) is 8.18. The average molecular weight is 271 g/mol. The molecule has 1 N–H and O–H groups in total. The third kappa shape index (κ3) is 2.87. The van der Waals surface area contributed by atoms with Gasteiger partial charge >= 0.3 is 0 Å². The summed E-state index contributed by atoms with van der Waals surface area (Å²) in [5, 5.41) is 5.83. The predicted octanol–water partition coefficient (Wildman–Crippen LogP) is 2.92. The van der Waals surface area contributed by atoms with Gasteiger partial charge in [0, 0.05) is 24.0 Å². The summed E-state index contributed by atoms with van der Waals surface area (Å²) in [7, 11) is 0. The summed E-state index contributed by atoms with van der Waals surface area (Å²) < 4.78 is 4.86. The molecule has 0 saturated heterocycles. The number of hydrogen-bond donors (Lipinski definition) is 1. The van der Waals surface area contributed by atoms with Crippen LogP contribution in [0.15, 0.2) is 28.3 Å². The fraction of sp³-hybridized carbons (Fsp3) is 0.273. The Kier molecular flexibility index (Phi) is 3.81. The molecule has 2 heterocycles. The van der Waals surface area contributed by atoms with Gasteiger partial charge in [0.25, 0.3) is 5.91 Å². The van der Waals surface area contributed by atoms with Crippen molar-refractivity contribution >= 4 is 28.8 Å². The first-order valence-electron chi connectivity index (χ1n) is 5.09. The number of nitrogens with zero attached hydrogens (tertiary/aromatic N) is 1. The molecule has 0 aliphatic heterocycles. The third-order valence-electron chi connectivity index (χ3n) is 2.30. The van der Waals surface area contributed by atoms with Crippen LogP contribution in [0, 0.1) is 0 Å². The summed E-state index contributed by atoms with van der Waals surface area (Å²) in [5.41, 5.74) is 0.359. The summed E-state index contributed by atoms with van der Waals surface area (Å²) in [6.45, 7) is 2.53. The molecule has 0 aliphatic carbocycles. The Labute approximate surface area is 108 Å². The monoisotopic (exact) mass is 270 g/mol. The fourth-order valence-electron chi connectivity index (χ4n) is 1.36. The standard InChI is InChI=1S/C11H11ClN2O2S/c1-7(11-13-3-5-17-11)6-14-10(15)8-2-4-16-9(8)12/h2-5,7H,6H2,1H3,(H,14,15). The molecule has 0 fully saturated rings. The minimum Gasteiger partial charge on any atom is -0.452 e. The van der Waals surface area contributed by atoms with Crippen molar-refractivity contribution in [3.63, 3.8) is 0 Å². The molecule has 2 aromatic heterocycles. The summed E-state index contributed by atoms with van der Waals surface area (Å²) >= 11 is 7.29. The molecule has 1 unspecified atom stereocenters. The number of aromatic nitrogens is 1. The molecule has 0 radical (unpaired) electrons. The van der Waals surface area contributed by atoms with E-state index < -0.39 is 0 Å². The third-order valence-corrected chi connectivity index (χ3v) is 3.60. The number of hydrogen-bond acceptors (Lipinski definition) is 4. The predicted molar refractivity (Wildman–Crippen MR) is 66.6 cm³/mol. The van der Waals surface area contributed by atoms with Crippen LogP contribution in [0.1, 0.15) is 28.2 Å². The van der Waals surface area contributed by atoms with Gasteiger partial charge in [0.2, 0.25) is 5.22 Å². The largest absolute Gasteiger partial charge is 0.452 e. The molecule has 2 rings (SSSR count). The van der Waals surface area contributed by atoms with E-state index in [0.717, 1.165) is 5.01 Å².